The Morgan fingerprint density at radius 2 is 1.36 bits per heavy atom. The Morgan fingerprint density at radius 1 is 0.821 bits per heavy atom. The first-order chi connectivity index (χ1) is 18.7. The van der Waals surface area contributed by atoms with E-state index in [1.807, 2.05) is 73.7 Å². The average Bonchev–Trinajstić information content (AvgIpc) is 2.95. The second-order valence-electron chi connectivity index (χ2n) is 9.53. The Hall–Kier alpha value is -3.48. The van der Waals surface area contributed by atoms with Crippen molar-refractivity contribution in [2.75, 3.05) is 25.4 Å². The van der Waals surface area contributed by atoms with E-state index >= 15 is 0 Å². The van der Waals surface area contributed by atoms with Gasteiger partial charge in [-0.1, -0.05) is 109 Å². The lowest BCUT2D eigenvalue weighted by Gasteiger charge is -2.42. The molecule has 0 amide bonds. The Kier molecular flexibility index (Phi) is 9.20. The summed E-state index contributed by atoms with van der Waals surface area (Å²) in [4.78, 5) is -1.40. The zero-order valence-corrected chi connectivity index (χ0v) is 22.5. The zero-order valence-electron chi connectivity index (χ0n) is 21.7. The number of rotatable bonds is 11. The van der Waals surface area contributed by atoms with Crippen molar-refractivity contribution in [1.82, 2.24) is 4.90 Å². The minimum atomic E-state index is -4.75. The number of hydrogen-bond acceptors (Lipinski definition) is 3. The van der Waals surface area contributed by atoms with Crippen LogP contribution in [0.1, 0.15) is 34.6 Å². The monoisotopic (exact) mass is 552 g/mol. The lowest BCUT2D eigenvalue weighted by Crippen LogP contribution is -2.54. The molecular formula is C32H32ClF3N2O. The van der Waals surface area contributed by atoms with Gasteiger partial charge in [0.2, 0.25) is 5.00 Å². The first-order valence-corrected chi connectivity index (χ1v) is 13.2. The summed E-state index contributed by atoms with van der Waals surface area (Å²) in [6, 6.07) is 32.2. The van der Waals surface area contributed by atoms with Crippen LogP contribution in [0.2, 0.25) is 0 Å². The molecule has 0 heterocycles. The summed E-state index contributed by atoms with van der Waals surface area (Å²) in [5.41, 5.74) is 9.31. The number of alkyl halides is 4. The molecule has 0 aromatic heterocycles. The normalized spacial score (nSPS) is 13.4. The van der Waals surface area contributed by atoms with E-state index in [0.29, 0.717) is 17.9 Å². The molecule has 4 aromatic rings. The van der Waals surface area contributed by atoms with Gasteiger partial charge in [-0.2, -0.15) is 13.2 Å². The Labute approximate surface area is 233 Å². The molecule has 0 saturated heterocycles. The molecule has 204 valence electrons. The topological polar surface area (TPSA) is 38.5 Å². The Morgan fingerprint density at radius 3 is 1.87 bits per heavy atom. The van der Waals surface area contributed by atoms with Gasteiger partial charge in [0.15, 0.2) is 0 Å². The van der Waals surface area contributed by atoms with E-state index in [0.717, 1.165) is 16.7 Å². The van der Waals surface area contributed by atoms with Crippen LogP contribution in [0.25, 0.3) is 0 Å². The second kappa shape index (κ2) is 12.6. The molecule has 0 aliphatic rings. The smallest absolute Gasteiger partial charge is 0.425 e. The zero-order chi connectivity index (χ0) is 27.9. The maximum absolute atomic E-state index is 14.9. The van der Waals surface area contributed by atoms with Crippen molar-refractivity contribution >= 4 is 17.3 Å². The van der Waals surface area contributed by atoms with Crippen LogP contribution in [0.3, 0.4) is 0 Å². The highest BCUT2D eigenvalue weighted by Crippen LogP contribution is 2.48. The van der Waals surface area contributed by atoms with E-state index in [9.17, 15) is 13.2 Å². The summed E-state index contributed by atoms with van der Waals surface area (Å²) >= 11 is 6.70. The minimum absolute atomic E-state index is 0.0220. The van der Waals surface area contributed by atoms with Gasteiger partial charge in [-0.25, -0.2) is 0 Å². The van der Waals surface area contributed by atoms with Gasteiger partial charge in [0.25, 0.3) is 0 Å². The van der Waals surface area contributed by atoms with E-state index in [1.54, 1.807) is 30.3 Å². The van der Waals surface area contributed by atoms with Crippen molar-refractivity contribution in [1.29, 1.82) is 0 Å². The van der Waals surface area contributed by atoms with Crippen molar-refractivity contribution in [3.05, 3.63) is 131 Å². The quantitative estimate of drug-likeness (QED) is 0.0883. The summed E-state index contributed by atoms with van der Waals surface area (Å²) in [5.74, 6) is 0.238. The summed E-state index contributed by atoms with van der Waals surface area (Å²) in [6.45, 7) is 2.20. The van der Waals surface area contributed by atoms with Gasteiger partial charge in [0, 0.05) is 30.8 Å². The number of nitrogens with zero attached hydrogens (tertiary/aromatic N) is 1. The molecule has 1 atom stereocenters. The molecule has 39 heavy (non-hydrogen) atoms. The van der Waals surface area contributed by atoms with Crippen LogP contribution in [-0.4, -0.2) is 30.8 Å². The van der Waals surface area contributed by atoms with Crippen LogP contribution in [0.15, 0.2) is 109 Å². The number of nitrogens with two attached hydrogens (primary N) is 1. The molecule has 0 saturated carbocycles. The molecule has 7 heteroatoms. The fourth-order valence-electron chi connectivity index (χ4n) is 4.70. The molecule has 0 spiro atoms. The Bertz CT molecular complexity index is 1280. The van der Waals surface area contributed by atoms with E-state index in [1.165, 1.54) is 17.0 Å². The first kappa shape index (κ1) is 28.5. The molecule has 0 aliphatic heterocycles. The van der Waals surface area contributed by atoms with E-state index in [-0.39, 0.29) is 31.2 Å². The first-order valence-electron chi connectivity index (χ1n) is 12.8. The highest BCUT2D eigenvalue weighted by Gasteiger charge is 2.59. The van der Waals surface area contributed by atoms with Crippen LogP contribution in [-0.2, 0) is 5.00 Å². The number of benzene rings is 4. The molecule has 1 unspecified atom stereocenters. The van der Waals surface area contributed by atoms with E-state index in [2.05, 4.69) is 0 Å². The Balaban J connectivity index is 1.67. The third kappa shape index (κ3) is 6.75. The van der Waals surface area contributed by atoms with Gasteiger partial charge in [0.1, 0.15) is 5.75 Å². The van der Waals surface area contributed by atoms with E-state index in [4.69, 9.17) is 22.1 Å². The van der Waals surface area contributed by atoms with Crippen LogP contribution < -0.4 is 10.5 Å². The number of anilines is 1. The second-order valence-corrected chi connectivity index (χ2v) is 10.1. The summed E-state index contributed by atoms with van der Waals surface area (Å²) in [7, 11) is 0. The van der Waals surface area contributed by atoms with Crippen LogP contribution in [0.5, 0.6) is 5.75 Å². The van der Waals surface area contributed by atoms with Crippen molar-refractivity contribution in [3.63, 3.8) is 0 Å². The van der Waals surface area contributed by atoms with Crippen LogP contribution >= 0.6 is 11.6 Å². The van der Waals surface area contributed by atoms with Crippen molar-refractivity contribution in [3.8, 4) is 5.75 Å². The number of halogens is 4. The lowest BCUT2D eigenvalue weighted by molar-refractivity contribution is -0.206. The van der Waals surface area contributed by atoms with Gasteiger partial charge in [-0.15, -0.1) is 0 Å². The summed E-state index contributed by atoms with van der Waals surface area (Å²) in [6.07, 6.45) is -4.43. The lowest BCUT2D eigenvalue weighted by atomic mass is 9.89. The molecule has 4 rings (SSSR count). The van der Waals surface area contributed by atoms with Crippen LogP contribution in [0.4, 0.5) is 18.9 Å². The number of hydrogen-bond donors (Lipinski definition) is 1. The fraction of sp³-hybridized carbons (Fsp3) is 0.250. The molecule has 0 radical (unpaired) electrons. The maximum atomic E-state index is 14.9. The van der Waals surface area contributed by atoms with Crippen molar-refractivity contribution in [2.45, 2.75) is 30.4 Å². The molecule has 2 N–H and O–H groups in total. The predicted molar refractivity (Wildman–Crippen MR) is 152 cm³/mol. The number of aryl methyl sites for hydroxylation is 1. The SMILES string of the molecule is Cc1ccc(OCCCN(CC(c2ccccc2)c2ccccc2)C(Cl)(c2ccccc2)C(F)(F)F)cc1N. The molecule has 0 fully saturated rings. The van der Waals surface area contributed by atoms with Crippen molar-refractivity contribution < 1.29 is 17.9 Å². The van der Waals surface area contributed by atoms with Gasteiger partial charge in [-0.3, -0.25) is 4.90 Å². The third-order valence-corrected chi connectivity index (χ3v) is 7.54. The average molecular weight is 553 g/mol. The number of ether oxygens (including phenoxy) is 1. The highest BCUT2D eigenvalue weighted by molar-refractivity contribution is 6.24. The molecule has 4 aromatic carbocycles. The predicted octanol–water partition coefficient (Wildman–Crippen LogP) is 8.13. The molecular weight excluding hydrogens is 521 g/mol. The third-order valence-electron chi connectivity index (χ3n) is 6.87. The fourth-order valence-corrected chi connectivity index (χ4v) is 4.98. The van der Waals surface area contributed by atoms with Crippen molar-refractivity contribution in [2.24, 2.45) is 0 Å². The van der Waals surface area contributed by atoms with Gasteiger partial charge in [0.05, 0.1) is 6.61 Å². The molecule has 0 bridgehead atoms. The summed E-state index contributed by atoms with van der Waals surface area (Å²) in [5, 5.41) is 0. The number of nitrogen functional groups attached to an aromatic ring is 1. The standard InChI is InChI=1S/C32H32ClF3N2O/c1-24-18-19-28(22-30(24)37)39-21-11-20-38(31(33,32(34,35)36)27-16-9-4-10-17-27)23-29(25-12-5-2-6-13-25)26-14-7-3-8-15-26/h2-10,12-19,22,29H,11,20-21,23,37H2,1H3. The summed E-state index contributed by atoms with van der Waals surface area (Å²) < 4.78 is 50.6. The van der Waals surface area contributed by atoms with E-state index < -0.39 is 11.2 Å². The van der Waals surface area contributed by atoms with Crippen LogP contribution in [0, 0.1) is 6.92 Å². The van der Waals surface area contributed by atoms with Gasteiger partial charge >= 0.3 is 6.18 Å². The minimum Gasteiger partial charge on any atom is -0.493 e. The van der Waals surface area contributed by atoms with Gasteiger partial charge < -0.3 is 10.5 Å². The largest absolute Gasteiger partial charge is 0.493 e. The highest BCUT2D eigenvalue weighted by atomic mass is 35.5. The molecule has 0 aliphatic carbocycles. The maximum Gasteiger partial charge on any atom is 0.425 e. The molecule has 3 nitrogen and oxygen atoms in total. The van der Waals surface area contributed by atoms with Gasteiger partial charge in [-0.05, 0) is 41.7 Å².